The first kappa shape index (κ1) is 13.6. The van der Waals surface area contributed by atoms with Gasteiger partial charge >= 0.3 is 0 Å². The fraction of sp³-hybridized carbons (Fsp3) is 0.154. The third-order valence-corrected chi connectivity index (χ3v) is 4.55. The summed E-state index contributed by atoms with van der Waals surface area (Å²) in [7, 11) is 0. The van der Waals surface area contributed by atoms with E-state index in [2.05, 4.69) is 25.5 Å². The Morgan fingerprint density at radius 2 is 2.05 bits per heavy atom. The second kappa shape index (κ2) is 5.95. The lowest BCUT2D eigenvalue weighted by molar-refractivity contribution is 0.972. The third kappa shape index (κ3) is 3.20. The molecule has 102 valence electrons. The minimum Gasteiger partial charge on any atom is -0.258 e. The van der Waals surface area contributed by atoms with Crippen molar-refractivity contribution in [2.75, 3.05) is 0 Å². The number of H-pyrrole nitrogens is 1. The molecular formula is C13H11ClN4S2. The van der Waals surface area contributed by atoms with Crippen molar-refractivity contribution in [3.63, 3.8) is 0 Å². The molecule has 3 rings (SSSR count). The summed E-state index contributed by atoms with van der Waals surface area (Å²) in [5, 5.41) is 11.7. The Bertz CT molecular complexity index is 705. The summed E-state index contributed by atoms with van der Waals surface area (Å²) in [6, 6.07) is 7.51. The highest BCUT2D eigenvalue weighted by Crippen LogP contribution is 2.23. The second-order valence-corrected chi connectivity index (χ2v) is 6.56. The highest BCUT2D eigenvalue weighted by atomic mass is 35.5. The second-order valence-electron chi connectivity index (χ2n) is 4.12. The smallest absolute Gasteiger partial charge is 0.209 e. The van der Waals surface area contributed by atoms with Crippen molar-refractivity contribution in [1.82, 2.24) is 20.2 Å². The SMILES string of the molecule is Cc1nc(CSc2n[nH]c(-c3ccc(Cl)cc3)n2)cs1. The Kier molecular flexibility index (Phi) is 4.05. The highest BCUT2D eigenvalue weighted by Gasteiger charge is 2.07. The molecule has 20 heavy (non-hydrogen) atoms. The van der Waals surface area contributed by atoms with Crippen LogP contribution in [-0.2, 0) is 5.75 Å². The number of benzene rings is 1. The molecule has 0 atom stereocenters. The molecule has 2 aromatic heterocycles. The minimum absolute atomic E-state index is 0.710. The number of rotatable bonds is 4. The van der Waals surface area contributed by atoms with Gasteiger partial charge in [-0.05, 0) is 31.2 Å². The summed E-state index contributed by atoms with van der Waals surface area (Å²) in [4.78, 5) is 8.88. The van der Waals surface area contributed by atoms with E-state index >= 15 is 0 Å². The Morgan fingerprint density at radius 1 is 1.25 bits per heavy atom. The Morgan fingerprint density at radius 3 is 2.75 bits per heavy atom. The van der Waals surface area contributed by atoms with Gasteiger partial charge in [0.25, 0.3) is 0 Å². The van der Waals surface area contributed by atoms with Gasteiger partial charge in [0, 0.05) is 21.7 Å². The van der Waals surface area contributed by atoms with Crippen molar-refractivity contribution in [2.24, 2.45) is 0 Å². The molecule has 0 unspecified atom stereocenters. The lowest BCUT2D eigenvalue weighted by Crippen LogP contribution is -1.82. The van der Waals surface area contributed by atoms with Gasteiger partial charge in [0.05, 0.1) is 10.7 Å². The van der Waals surface area contributed by atoms with Gasteiger partial charge in [0.15, 0.2) is 5.82 Å². The lowest BCUT2D eigenvalue weighted by atomic mass is 10.2. The maximum atomic E-state index is 5.87. The predicted octanol–water partition coefficient (Wildman–Crippen LogP) is 4.18. The van der Waals surface area contributed by atoms with Crippen molar-refractivity contribution >= 4 is 34.7 Å². The molecule has 2 heterocycles. The fourth-order valence-electron chi connectivity index (χ4n) is 1.66. The number of hydrogen-bond acceptors (Lipinski definition) is 5. The average Bonchev–Trinajstić information content (AvgIpc) is 3.06. The molecule has 0 saturated carbocycles. The van der Waals surface area contributed by atoms with Crippen LogP contribution in [0, 0.1) is 6.92 Å². The van der Waals surface area contributed by atoms with E-state index in [4.69, 9.17) is 11.6 Å². The number of nitrogens with one attached hydrogen (secondary N) is 1. The largest absolute Gasteiger partial charge is 0.258 e. The number of hydrogen-bond donors (Lipinski definition) is 1. The van der Waals surface area contributed by atoms with E-state index < -0.39 is 0 Å². The first-order chi connectivity index (χ1) is 9.70. The van der Waals surface area contributed by atoms with Crippen LogP contribution in [0.2, 0.25) is 5.02 Å². The van der Waals surface area contributed by atoms with Crippen LogP contribution < -0.4 is 0 Å². The van der Waals surface area contributed by atoms with Gasteiger partial charge in [-0.3, -0.25) is 5.10 Å². The average molecular weight is 323 g/mol. The van der Waals surface area contributed by atoms with Crippen molar-refractivity contribution in [3.8, 4) is 11.4 Å². The van der Waals surface area contributed by atoms with Crippen molar-refractivity contribution in [3.05, 3.63) is 45.4 Å². The first-order valence-corrected chi connectivity index (χ1v) is 8.17. The summed E-state index contributed by atoms with van der Waals surface area (Å²) in [6.07, 6.45) is 0. The molecule has 4 nitrogen and oxygen atoms in total. The van der Waals surface area contributed by atoms with Gasteiger partial charge in [-0.25, -0.2) is 9.97 Å². The summed E-state index contributed by atoms with van der Waals surface area (Å²) in [5.74, 6) is 1.53. The molecule has 3 aromatic rings. The van der Waals surface area contributed by atoms with Gasteiger partial charge in [-0.1, -0.05) is 23.4 Å². The Labute approximate surface area is 129 Å². The molecule has 0 aliphatic carbocycles. The highest BCUT2D eigenvalue weighted by molar-refractivity contribution is 7.98. The van der Waals surface area contributed by atoms with Crippen molar-refractivity contribution in [2.45, 2.75) is 17.8 Å². The van der Waals surface area contributed by atoms with Crippen LogP contribution in [0.25, 0.3) is 11.4 Å². The van der Waals surface area contributed by atoms with E-state index in [1.54, 1.807) is 23.1 Å². The van der Waals surface area contributed by atoms with Gasteiger partial charge in [-0.15, -0.1) is 16.4 Å². The molecule has 0 saturated heterocycles. The molecule has 1 aromatic carbocycles. The van der Waals surface area contributed by atoms with E-state index in [0.29, 0.717) is 5.02 Å². The van der Waals surface area contributed by atoms with Crippen LogP contribution in [0.1, 0.15) is 10.7 Å². The molecule has 0 bridgehead atoms. The topological polar surface area (TPSA) is 54.5 Å². The molecule has 0 amide bonds. The summed E-state index contributed by atoms with van der Waals surface area (Å²) >= 11 is 9.10. The summed E-state index contributed by atoms with van der Waals surface area (Å²) in [6.45, 7) is 2.00. The van der Waals surface area contributed by atoms with Gasteiger partial charge < -0.3 is 0 Å². The zero-order valence-corrected chi connectivity index (χ0v) is 13.0. The lowest BCUT2D eigenvalue weighted by Gasteiger charge is -1.95. The Hall–Kier alpha value is -1.37. The molecule has 1 N–H and O–H groups in total. The van der Waals surface area contributed by atoms with Crippen LogP contribution in [-0.4, -0.2) is 20.2 Å². The molecule has 0 spiro atoms. The molecule has 7 heteroatoms. The maximum absolute atomic E-state index is 5.87. The van der Waals surface area contributed by atoms with Crippen molar-refractivity contribution < 1.29 is 0 Å². The predicted molar refractivity (Wildman–Crippen MR) is 83.2 cm³/mol. The number of nitrogens with zero attached hydrogens (tertiary/aromatic N) is 3. The summed E-state index contributed by atoms with van der Waals surface area (Å²) in [5.41, 5.74) is 2.04. The van der Waals surface area contributed by atoms with Gasteiger partial charge in [0.1, 0.15) is 0 Å². The number of halogens is 1. The van der Waals surface area contributed by atoms with Crippen LogP contribution in [0.4, 0.5) is 0 Å². The standard InChI is InChI=1S/C13H11ClN4S2/c1-8-15-11(6-19-8)7-20-13-16-12(17-18-13)9-2-4-10(14)5-3-9/h2-6H,7H2,1H3,(H,16,17,18). The van der Waals surface area contributed by atoms with E-state index in [1.165, 1.54) is 0 Å². The molecule has 0 fully saturated rings. The van der Waals surface area contributed by atoms with E-state index in [9.17, 15) is 0 Å². The number of aryl methyl sites for hydroxylation is 1. The van der Waals surface area contributed by atoms with E-state index in [0.717, 1.165) is 33.0 Å². The number of thioether (sulfide) groups is 1. The van der Waals surface area contributed by atoms with Crippen molar-refractivity contribution in [1.29, 1.82) is 0 Å². The van der Waals surface area contributed by atoms with Crippen LogP contribution in [0.15, 0.2) is 34.8 Å². The van der Waals surface area contributed by atoms with Crippen LogP contribution >= 0.6 is 34.7 Å². The zero-order valence-electron chi connectivity index (χ0n) is 10.6. The number of thiazole rings is 1. The van der Waals surface area contributed by atoms with E-state index in [-0.39, 0.29) is 0 Å². The van der Waals surface area contributed by atoms with Gasteiger partial charge in [0.2, 0.25) is 5.16 Å². The van der Waals surface area contributed by atoms with Crippen LogP contribution in [0.5, 0.6) is 0 Å². The molecule has 0 radical (unpaired) electrons. The minimum atomic E-state index is 0.710. The number of aromatic nitrogens is 4. The van der Waals surface area contributed by atoms with Gasteiger partial charge in [-0.2, -0.15) is 0 Å². The van der Waals surface area contributed by atoms with Crippen LogP contribution in [0.3, 0.4) is 0 Å². The maximum Gasteiger partial charge on any atom is 0.209 e. The fourth-order valence-corrected chi connectivity index (χ4v) is 3.20. The molecule has 0 aliphatic heterocycles. The monoisotopic (exact) mass is 322 g/mol. The molecule has 0 aliphatic rings. The number of aromatic amines is 1. The van der Waals surface area contributed by atoms with E-state index in [1.807, 2.05) is 31.2 Å². The summed E-state index contributed by atoms with van der Waals surface area (Å²) < 4.78 is 0. The third-order valence-electron chi connectivity index (χ3n) is 2.60. The Balaban J connectivity index is 1.69. The molecular weight excluding hydrogens is 312 g/mol. The quantitative estimate of drug-likeness (QED) is 0.732. The zero-order chi connectivity index (χ0) is 13.9. The normalized spacial score (nSPS) is 10.9. The first-order valence-electron chi connectivity index (χ1n) is 5.93.